The lowest BCUT2D eigenvalue weighted by molar-refractivity contribution is 0.296. The van der Waals surface area contributed by atoms with Gasteiger partial charge in [-0.3, -0.25) is 0 Å². The molecule has 0 aliphatic rings. The van der Waals surface area contributed by atoms with Gasteiger partial charge in [-0.2, -0.15) is 0 Å². The smallest absolute Gasteiger partial charge is 0.123 e. The van der Waals surface area contributed by atoms with Crippen LogP contribution in [0.4, 0.5) is 0 Å². The van der Waals surface area contributed by atoms with Crippen LogP contribution in [0.1, 0.15) is 44.6 Å². The van der Waals surface area contributed by atoms with Gasteiger partial charge in [0.15, 0.2) is 0 Å². The molecule has 0 aliphatic heterocycles. The maximum absolute atomic E-state index is 6.17. The molecule has 0 saturated carbocycles. The molecule has 45 heavy (non-hydrogen) atoms. The van der Waals surface area contributed by atoms with Crippen LogP contribution in [-0.2, 0) is 0 Å². The molecule has 0 heterocycles. The summed E-state index contributed by atoms with van der Waals surface area (Å²) in [7, 11) is 0. The molecule has 0 aliphatic carbocycles. The van der Waals surface area contributed by atoms with Crippen LogP contribution in [0, 0.1) is 6.92 Å². The van der Waals surface area contributed by atoms with Gasteiger partial charge in [0.25, 0.3) is 0 Å². The van der Waals surface area contributed by atoms with Crippen LogP contribution in [0.25, 0.3) is 33.4 Å². The summed E-state index contributed by atoms with van der Waals surface area (Å²) in [6.45, 7) is 8.25. The first-order valence-electron chi connectivity index (χ1n) is 16.2. The van der Waals surface area contributed by atoms with E-state index in [4.69, 9.17) is 36.1 Å². The van der Waals surface area contributed by atoms with Crippen molar-refractivity contribution in [3.05, 3.63) is 84.4 Å². The monoisotopic (exact) mass is 611 g/mol. The van der Waals surface area contributed by atoms with Crippen LogP contribution in [0.3, 0.4) is 0 Å². The van der Waals surface area contributed by atoms with Gasteiger partial charge in [0.2, 0.25) is 0 Å². The first kappa shape index (κ1) is 33.8. The van der Waals surface area contributed by atoms with E-state index >= 15 is 0 Å². The van der Waals surface area contributed by atoms with Crippen molar-refractivity contribution >= 4 is 0 Å². The summed E-state index contributed by atoms with van der Waals surface area (Å²) in [5.74, 6) is 3.04. The molecule has 0 amide bonds. The van der Waals surface area contributed by atoms with Gasteiger partial charge in [0, 0.05) is 12.1 Å². The van der Waals surface area contributed by atoms with Gasteiger partial charge >= 0.3 is 0 Å². The molecule has 4 rings (SSSR count). The second-order valence-corrected chi connectivity index (χ2v) is 11.2. The van der Waals surface area contributed by atoms with Crippen LogP contribution < -0.4 is 36.1 Å². The Balaban J connectivity index is 1.84. The highest BCUT2D eigenvalue weighted by Gasteiger charge is 2.13. The summed E-state index contributed by atoms with van der Waals surface area (Å²) >= 11 is 0. The second-order valence-electron chi connectivity index (χ2n) is 11.2. The number of hydrogen-bond acceptors (Lipinski definition) is 7. The summed E-state index contributed by atoms with van der Waals surface area (Å²) in [5, 5.41) is 0. The summed E-state index contributed by atoms with van der Waals surface area (Å²) in [6, 6.07) is 27.5. The molecular formula is C38H49N3O4. The highest BCUT2D eigenvalue weighted by molar-refractivity contribution is 5.82. The average molecular weight is 612 g/mol. The van der Waals surface area contributed by atoms with Crippen molar-refractivity contribution in [1.29, 1.82) is 0 Å². The van der Waals surface area contributed by atoms with Crippen LogP contribution in [-0.4, -0.2) is 46.1 Å². The number of hydrogen-bond donors (Lipinski definition) is 3. The zero-order chi connectivity index (χ0) is 31.9. The minimum atomic E-state index is 0.536. The van der Waals surface area contributed by atoms with Crippen LogP contribution >= 0.6 is 0 Å². The Hall–Kier alpha value is -4.04. The molecule has 0 radical (unpaired) electrons. The Morgan fingerprint density at radius 3 is 1.11 bits per heavy atom. The van der Waals surface area contributed by atoms with Gasteiger partial charge in [-0.25, -0.2) is 0 Å². The van der Waals surface area contributed by atoms with Crippen LogP contribution in [0.15, 0.2) is 78.9 Å². The van der Waals surface area contributed by atoms with Gasteiger partial charge in [0.1, 0.15) is 23.0 Å². The van der Waals surface area contributed by atoms with Crippen molar-refractivity contribution in [2.75, 3.05) is 46.1 Å². The normalized spacial score (nSPS) is 11.0. The largest absolute Gasteiger partial charge is 0.493 e. The fourth-order valence-electron chi connectivity index (χ4n) is 4.84. The topological polar surface area (TPSA) is 115 Å². The van der Waals surface area contributed by atoms with Crippen LogP contribution in [0.5, 0.6) is 23.0 Å². The quantitative estimate of drug-likeness (QED) is 0.0949. The molecule has 0 bridgehead atoms. The molecule has 7 nitrogen and oxygen atoms in total. The summed E-state index contributed by atoms with van der Waals surface area (Å²) in [6.07, 6.45) is 4.37. The molecule has 240 valence electrons. The van der Waals surface area contributed by atoms with E-state index in [0.29, 0.717) is 46.1 Å². The number of rotatable bonds is 19. The van der Waals surface area contributed by atoms with Gasteiger partial charge in [-0.15, -0.1) is 0 Å². The molecule has 4 aromatic rings. The minimum absolute atomic E-state index is 0.536. The Morgan fingerprint density at radius 1 is 0.422 bits per heavy atom. The van der Waals surface area contributed by atoms with E-state index in [1.807, 2.05) is 12.1 Å². The molecule has 0 unspecified atom stereocenters. The summed E-state index contributed by atoms with van der Waals surface area (Å²) in [4.78, 5) is 0. The van der Waals surface area contributed by atoms with Crippen molar-refractivity contribution < 1.29 is 18.9 Å². The number of nitrogens with two attached hydrogens (primary N) is 3. The Morgan fingerprint density at radius 2 is 0.756 bits per heavy atom. The molecule has 7 heteroatoms. The molecule has 0 aromatic heterocycles. The summed E-state index contributed by atoms with van der Waals surface area (Å²) < 4.78 is 24.5. The SMILES string of the molecule is CCCCOc1cc(OCCCN)cc(-c2cc(-c3ccc(C)cc3)cc(-c3cc(OCCCN)cc(OCCCN)c3)c2)c1. The summed E-state index contributed by atoms with van der Waals surface area (Å²) in [5.41, 5.74) is 24.7. The van der Waals surface area contributed by atoms with Gasteiger partial charge < -0.3 is 36.1 Å². The first-order valence-corrected chi connectivity index (χ1v) is 16.2. The Labute approximate surface area is 268 Å². The second kappa shape index (κ2) is 18.1. The van der Waals surface area contributed by atoms with E-state index in [-0.39, 0.29) is 0 Å². The van der Waals surface area contributed by atoms with E-state index in [9.17, 15) is 0 Å². The predicted molar refractivity (Wildman–Crippen MR) is 185 cm³/mol. The van der Waals surface area contributed by atoms with Gasteiger partial charge in [-0.05, 0) is 128 Å². The van der Waals surface area contributed by atoms with E-state index < -0.39 is 0 Å². The maximum atomic E-state index is 6.17. The fourth-order valence-corrected chi connectivity index (χ4v) is 4.84. The highest BCUT2D eigenvalue weighted by Crippen LogP contribution is 2.38. The fraction of sp³-hybridized carbons (Fsp3) is 0.368. The maximum Gasteiger partial charge on any atom is 0.123 e. The van der Waals surface area contributed by atoms with Crippen molar-refractivity contribution in [2.24, 2.45) is 17.2 Å². The van der Waals surface area contributed by atoms with Crippen molar-refractivity contribution in [3.63, 3.8) is 0 Å². The molecule has 0 atom stereocenters. The lowest BCUT2D eigenvalue weighted by atomic mass is 9.92. The minimum Gasteiger partial charge on any atom is -0.493 e. The third-order valence-electron chi connectivity index (χ3n) is 7.36. The Bertz CT molecular complexity index is 1330. The van der Waals surface area contributed by atoms with Crippen molar-refractivity contribution in [2.45, 2.75) is 46.0 Å². The molecule has 4 aromatic carbocycles. The number of ether oxygens (including phenoxy) is 4. The van der Waals surface area contributed by atoms with Crippen LogP contribution in [0.2, 0.25) is 0 Å². The van der Waals surface area contributed by atoms with E-state index in [1.54, 1.807) is 0 Å². The molecule has 6 N–H and O–H groups in total. The molecular weight excluding hydrogens is 562 g/mol. The standard InChI is InChI=1S/C38H49N3O4/c1-3-4-15-42-35-22-33(23-36(26-35)43-16-5-12-39)31-19-30(29-10-8-28(2)9-11-29)20-32(21-31)34-24-37(44-17-6-13-40)27-38(25-34)45-18-7-14-41/h8-11,19-27H,3-7,12-18,39-41H2,1-2H3. The molecule has 0 saturated heterocycles. The van der Waals surface area contributed by atoms with E-state index in [0.717, 1.165) is 88.5 Å². The van der Waals surface area contributed by atoms with Crippen molar-refractivity contribution in [1.82, 2.24) is 0 Å². The number of benzene rings is 4. The lowest BCUT2D eigenvalue weighted by Crippen LogP contribution is -2.07. The molecule has 0 fully saturated rings. The zero-order valence-electron chi connectivity index (χ0n) is 26.9. The van der Waals surface area contributed by atoms with E-state index in [1.165, 1.54) is 5.56 Å². The Kier molecular flexibility index (Phi) is 13.6. The van der Waals surface area contributed by atoms with E-state index in [2.05, 4.69) is 80.6 Å². The number of unbranched alkanes of at least 4 members (excludes halogenated alkanes) is 1. The first-order chi connectivity index (χ1) is 22.0. The van der Waals surface area contributed by atoms with Gasteiger partial charge in [0.05, 0.1) is 26.4 Å². The van der Waals surface area contributed by atoms with Gasteiger partial charge in [-0.1, -0.05) is 43.2 Å². The molecule has 0 spiro atoms. The number of aryl methyl sites for hydroxylation is 1. The lowest BCUT2D eigenvalue weighted by Gasteiger charge is -2.16. The third kappa shape index (κ3) is 10.5. The van der Waals surface area contributed by atoms with Crippen molar-refractivity contribution in [3.8, 4) is 56.4 Å². The average Bonchev–Trinajstić information content (AvgIpc) is 3.05. The highest BCUT2D eigenvalue weighted by atomic mass is 16.5. The zero-order valence-corrected chi connectivity index (χ0v) is 26.9. The third-order valence-corrected chi connectivity index (χ3v) is 7.36. The predicted octanol–water partition coefficient (Wildman–Crippen LogP) is 7.36.